The number of benzene rings is 1. The predicted octanol–water partition coefficient (Wildman–Crippen LogP) is 3.98. The molecule has 1 N–H and O–H groups in total. The quantitative estimate of drug-likeness (QED) is 0.823. The van der Waals surface area contributed by atoms with Gasteiger partial charge >= 0.3 is 6.18 Å². The minimum Gasteiger partial charge on any atom is -0.390 e. The van der Waals surface area contributed by atoms with Gasteiger partial charge < -0.3 is 5.11 Å². The Morgan fingerprint density at radius 3 is 2.31 bits per heavy atom. The molecule has 1 aromatic rings. The van der Waals surface area contributed by atoms with Crippen molar-refractivity contribution in [2.75, 3.05) is 0 Å². The van der Waals surface area contributed by atoms with Crippen molar-refractivity contribution in [2.24, 2.45) is 17.8 Å². The van der Waals surface area contributed by atoms with Crippen molar-refractivity contribution in [3.63, 3.8) is 0 Å². The number of nitrogens with zero attached hydrogens (tertiary/aromatic N) is 2. The molecule has 0 spiro atoms. The van der Waals surface area contributed by atoms with Crippen molar-refractivity contribution >= 4 is 5.91 Å². The van der Waals surface area contributed by atoms with Crippen LogP contribution in [-0.2, 0) is 17.5 Å². The van der Waals surface area contributed by atoms with Crippen LogP contribution in [0.2, 0.25) is 0 Å². The summed E-state index contributed by atoms with van der Waals surface area (Å²) in [5, 5.41) is 14.4. The molecule has 1 aromatic carbocycles. The Morgan fingerprint density at radius 2 is 1.72 bits per heavy atom. The first kappa shape index (κ1) is 19.4. The summed E-state index contributed by atoms with van der Waals surface area (Å²) in [6, 6.07) is 5.61. The summed E-state index contributed by atoms with van der Waals surface area (Å²) in [4.78, 5) is 13.1. The minimum atomic E-state index is -4.42. The lowest BCUT2D eigenvalue weighted by molar-refractivity contribution is -0.262. The fourth-order valence-corrected chi connectivity index (χ4v) is 6.75. The molecule has 1 heterocycles. The van der Waals surface area contributed by atoms with Gasteiger partial charge in [-0.15, -0.1) is 0 Å². The fourth-order valence-electron chi connectivity index (χ4n) is 6.75. The van der Waals surface area contributed by atoms with Gasteiger partial charge in [0.15, 0.2) is 0 Å². The van der Waals surface area contributed by atoms with Crippen LogP contribution >= 0.6 is 0 Å². The average molecular weight is 408 g/mol. The number of alkyl halides is 3. The van der Waals surface area contributed by atoms with Crippen LogP contribution in [0, 0.1) is 17.8 Å². The second kappa shape index (κ2) is 5.97. The summed E-state index contributed by atoms with van der Waals surface area (Å²) in [6.45, 7) is 3.62. The maximum Gasteiger partial charge on any atom is 0.416 e. The van der Waals surface area contributed by atoms with Gasteiger partial charge in [0, 0.05) is 6.54 Å². The summed E-state index contributed by atoms with van der Waals surface area (Å²) in [5.41, 5.74) is -1.89. The van der Waals surface area contributed by atoms with Gasteiger partial charge in [-0.25, -0.2) is 0 Å². The van der Waals surface area contributed by atoms with Crippen LogP contribution in [0.1, 0.15) is 57.1 Å². The lowest BCUT2D eigenvalue weighted by Crippen LogP contribution is -2.79. The second-order valence-corrected chi connectivity index (χ2v) is 10.1. The molecular formula is C22H27F3N2O2. The Bertz CT molecular complexity index is 837. The maximum atomic E-state index is 13.5. The molecule has 6 rings (SSSR count). The van der Waals surface area contributed by atoms with E-state index in [2.05, 4.69) is 0 Å². The van der Waals surface area contributed by atoms with Crippen LogP contribution in [-0.4, -0.2) is 38.2 Å². The molecule has 2 atom stereocenters. The molecule has 29 heavy (non-hydrogen) atoms. The zero-order valence-corrected chi connectivity index (χ0v) is 16.7. The molecule has 4 aliphatic carbocycles. The molecule has 1 saturated heterocycles. The van der Waals surface area contributed by atoms with Crippen molar-refractivity contribution in [3.8, 4) is 0 Å². The van der Waals surface area contributed by atoms with Crippen molar-refractivity contribution in [3.05, 3.63) is 35.4 Å². The Hall–Kier alpha value is -1.60. The summed E-state index contributed by atoms with van der Waals surface area (Å²) in [6.07, 6.45) is -0.174. The number of carbonyl (C=O) groups is 1. The molecule has 4 bridgehead atoms. The number of hydrazine groups is 1. The SMILES string of the molecule is CC1(C)C(=O)N([C@H]2C3CC4CC2C[C@](O)(C4)C3)N1Cc1ccccc1C(F)(F)F. The molecule has 5 aliphatic rings. The molecule has 158 valence electrons. The zero-order chi connectivity index (χ0) is 20.8. The van der Waals surface area contributed by atoms with Crippen LogP contribution < -0.4 is 0 Å². The van der Waals surface area contributed by atoms with Gasteiger partial charge in [0.1, 0.15) is 5.54 Å². The highest BCUT2D eigenvalue weighted by molar-refractivity contribution is 5.90. The van der Waals surface area contributed by atoms with E-state index in [1.54, 1.807) is 24.9 Å². The highest BCUT2D eigenvalue weighted by Gasteiger charge is 2.63. The molecule has 0 aromatic heterocycles. The molecular weight excluding hydrogens is 381 g/mol. The van der Waals surface area contributed by atoms with Gasteiger partial charge in [-0.1, -0.05) is 18.2 Å². The van der Waals surface area contributed by atoms with E-state index in [9.17, 15) is 23.1 Å². The average Bonchev–Trinajstić information content (AvgIpc) is 2.61. The predicted molar refractivity (Wildman–Crippen MR) is 100 cm³/mol. The third-order valence-corrected chi connectivity index (χ3v) is 7.75. The molecule has 0 radical (unpaired) electrons. The lowest BCUT2D eigenvalue weighted by Gasteiger charge is -2.66. The van der Waals surface area contributed by atoms with Gasteiger partial charge in [-0.2, -0.15) is 18.2 Å². The molecule has 7 heteroatoms. The normalized spacial score (nSPS) is 38.4. The van der Waals surface area contributed by atoms with Gasteiger partial charge in [0.25, 0.3) is 5.91 Å². The third kappa shape index (κ3) is 2.84. The summed E-state index contributed by atoms with van der Waals surface area (Å²) >= 11 is 0. The van der Waals surface area contributed by atoms with Crippen molar-refractivity contribution in [1.82, 2.24) is 10.0 Å². The van der Waals surface area contributed by atoms with Crippen molar-refractivity contribution in [2.45, 2.75) is 75.9 Å². The van der Waals surface area contributed by atoms with Crippen molar-refractivity contribution in [1.29, 1.82) is 0 Å². The summed E-state index contributed by atoms with van der Waals surface area (Å²) in [5.74, 6) is 0.947. The molecule has 1 amide bonds. The fraction of sp³-hybridized carbons (Fsp3) is 0.682. The van der Waals surface area contributed by atoms with E-state index in [0.717, 1.165) is 25.3 Å². The molecule has 2 unspecified atom stereocenters. The standard InChI is InChI=1S/C22H27F3N2O2/c1-20(2)19(28)27(18-15-7-13-8-16(18)11-21(29,9-13)10-15)26(20)12-14-5-3-4-6-17(14)22(23,24)25/h3-6,13,15-16,18,29H,7-12H2,1-2H3/t13?,15?,16?,18-,21-. The molecule has 4 nitrogen and oxygen atoms in total. The monoisotopic (exact) mass is 408 g/mol. The second-order valence-electron chi connectivity index (χ2n) is 10.1. The Morgan fingerprint density at radius 1 is 1.10 bits per heavy atom. The van der Waals surface area contributed by atoms with E-state index in [4.69, 9.17) is 0 Å². The van der Waals surface area contributed by atoms with Gasteiger partial charge in [0.2, 0.25) is 0 Å². The smallest absolute Gasteiger partial charge is 0.390 e. The first-order valence-electron chi connectivity index (χ1n) is 10.5. The van der Waals surface area contributed by atoms with Crippen LogP contribution in [0.25, 0.3) is 0 Å². The van der Waals surface area contributed by atoms with Gasteiger partial charge in [0.05, 0.1) is 17.2 Å². The zero-order valence-electron chi connectivity index (χ0n) is 16.7. The van der Waals surface area contributed by atoms with Crippen LogP contribution in [0.5, 0.6) is 0 Å². The molecule has 1 aliphatic heterocycles. The van der Waals surface area contributed by atoms with E-state index in [0.29, 0.717) is 18.8 Å². The van der Waals surface area contributed by atoms with Gasteiger partial charge in [-0.05, 0) is 75.3 Å². The first-order valence-corrected chi connectivity index (χ1v) is 10.5. The highest BCUT2D eigenvalue weighted by atomic mass is 19.4. The third-order valence-electron chi connectivity index (χ3n) is 7.75. The van der Waals surface area contributed by atoms with E-state index >= 15 is 0 Å². The van der Waals surface area contributed by atoms with Crippen LogP contribution in [0.15, 0.2) is 24.3 Å². The van der Waals surface area contributed by atoms with E-state index in [-0.39, 0.29) is 35.9 Å². The number of hydrogen-bond acceptors (Lipinski definition) is 3. The number of hydrogen-bond donors (Lipinski definition) is 1. The summed E-state index contributed by atoms with van der Waals surface area (Å²) < 4.78 is 40.5. The number of amides is 1. The van der Waals surface area contributed by atoms with E-state index in [1.165, 1.54) is 12.1 Å². The topological polar surface area (TPSA) is 43.8 Å². The largest absolute Gasteiger partial charge is 0.416 e. The summed E-state index contributed by atoms with van der Waals surface area (Å²) in [7, 11) is 0. The Labute approximate surface area is 168 Å². The van der Waals surface area contributed by atoms with Crippen molar-refractivity contribution < 1.29 is 23.1 Å². The number of rotatable bonds is 3. The number of aliphatic hydroxyl groups is 1. The minimum absolute atomic E-state index is 0.00889. The Balaban J connectivity index is 1.45. The lowest BCUT2D eigenvalue weighted by atomic mass is 9.52. The van der Waals surface area contributed by atoms with Gasteiger partial charge in [-0.3, -0.25) is 9.80 Å². The first-order chi connectivity index (χ1) is 13.5. The number of carbonyl (C=O) groups excluding carboxylic acids is 1. The Kier molecular flexibility index (Phi) is 3.99. The van der Waals surface area contributed by atoms with Crippen LogP contribution in [0.4, 0.5) is 13.2 Å². The maximum absolute atomic E-state index is 13.5. The molecule has 5 fully saturated rings. The van der Waals surface area contributed by atoms with E-state index in [1.807, 2.05) is 5.01 Å². The molecule has 4 saturated carbocycles. The number of halogens is 3. The highest BCUT2D eigenvalue weighted by Crippen LogP contribution is 2.58. The van der Waals surface area contributed by atoms with E-state index < -0.39 is 22.9 Å². The van der Waals surface area contributed by atoms with Crippen LogP contribution in [0.3, 0.4) is 0 Å².